The lowest BCUT2D eigenvalue weighted by atomic mass is 10.1. The van der Waals surface area contributed by atoms with Gasteiger partial charge in [0.05, 0.1) is 6.61 Å². The van der Waals surface area contributed by atoms with Gasteiger partial charge in [-0.15, -0.1) is 0 Å². The molecule has 28 heavy (non-hydrogen) atoms. The predicted molar refractivity (Wildman–Crippen MR) is 112 cm³/mol. The van der Waals surface area contributed by atoms with Gasteiger partial charge in [-0.05, 0) is 69.0 Å². The molecule has 0 radical (unpaired) electrons. The molecular weight excluding hydrogens is 352 g/mol. The van der Waals surface area contributed by atoms with E-state index in [0.717, 1.165) is 30.0 Å². The summed E-state index contributed by atoms with van der Waals surface area (Å²) in [4.78, 5) is 15.0. The van der Waals surface area contributed by atoms with Crippen LogP contribution in [0.4, 0.5) is 5.69 Å². The van der Waals surface area contributed by atoms with Crippen LogP contribution in [0.15, 0.2) is 41.3 Å². The quantitative estimate of drug-likeness (QED) is 0.656. The lowest BCUT2D eigenvalue weighted by Gasteiger charge is -2.17. The Morgan fingerprint density at radius 2 is 2.00 bits per heavy atom. The van der Waals surface area contributed by atoms with Gasteiger partial charge in [0.25, 0.3) is 5.56 Å². The molecule has 4 rings (SSSR count). The summed E-state index contributed by atoms with van der Waals surface area (Å²) in [5, 5.41) is 11.2. The molecule has 0 spiro atoms. The molecule has 1 aromatic heterocycles. The number of nitrogens with one attached hydrogen (secondary N) is 2. The number of benzene rings is 1. The van der Waals surface area contributed by atoms with Gasteiger partial charge in [0.1, 0.15) is 5.75 Å². The van der Waals surface area contributed by atoms with Crippen molar-refractivity contribution in [2.24, 2.45) is 5.92 Å². The molecule has 1 saturated carbocycles. The summed E-state index contributed by atoms with van der Waals surface area (Å²) in [7, 11) is 0. The first kappa shape index (κ1) is 18.7. The number of aromatic nitrogens is 1. The van der Waals surface area contributed by atoms with Crippen LogP contribution in [-0.2, 0) is 0 Å². The number of hydrogen-bond donors (Lipinski definition) is 2. The highest BCUT2D eigenvalue weighted by atomic mass is 16.5. The molecule has 2 aliphatic rings. The molecule has 1 aromatic carbocycles. The van der Waals surface area contributed by atoms with Crippen molar-refractivity contribution in [3.8, 4) is 11.4 Å². The summed E-state index contributed by atoms with van der Waals surface area (Å²) in [6, 6.07) is 9.10. The van der Waals surface area contributed by atoms with Crippen molar-refractivity contribution in [3.05, 3.63) is 52.4 Å². The number of pyridine rings is 1. The topological polar surface area (TPSA) is 70.3 Å². The zero-order valence-electron chi connectivity index (χ0n) is 16.2. The number of nitrogens with zero attached hydrogens (tertiary/aromatic N) is 2. The standard InChI is InChI=1S/C22H28N4O2/c23-15-18-13-19(5-6-21(18)24-8-12-25-9-1-2-10-25)26-11-7-20(14-22(26)27)28-16-17-3-4-17/h5-7,11,13-15,17,23-24H,1-4,8-10,12,16H2. The van der Waals surface area contributed by atoms with Gasteiger partial charge >= 0.3 is 0 Å². The van der Waals surface area contributed by atoms with Gasteiger partial charge < -0.3 is 20.4 Å². The largest absolute Gasteiger partial charge is 0.493 e. The molecule has 148 valence electrons. The van der Waals surface area contributed by atoms with Crippen LogP contribution >= 0.6 is 0 Å². The van der Waals surface area contributed by atoms with Crippen LogP contribution in [0.25, 0.3) is 5.69 Å². The van der Waals surface area contributed by atoms with Gasteiger partial charge in [-0.2, -0.15) is 0 Å². The highest BCUT2D eigenvalue weighted by Crippen LogP contribution is 2.29. The minimum atomic E-state index is -0.126. The van der Waals surface area contributed by atoms with Gasteiger partial charge in [0.2, 0.25) is 0 Å². The van der Waals surface area contributed by atoms with Crippen LogP contribution in [0.5, 0.6) is 5.75 Å². The van der Waals surface area contributed by atoms with Crippen molar-refractivity contribution in [2.45, 2.75) is 25.7 Å². The maximum absolute atomic E-state index is 12.5. The molecule has 2 heterocycles. The summed E-state index contributed by atoms with van der Waals surface area (Å²) in [5.74, 6) is 1.28. The Morgan fingerprint density at radius 3 is 2.71 bits per heavy atom. The van der Waals surface area contributed by atoms with E-state index in [1.807, 2.05) is 24.3 Å². The van der Waals surface area contributed by atoms with Crippen molar-refractivity contribution in [1.82, 2.24) is 9.47 Å². The van der Waals surface area contributed by atoms with Crippen molar-refractivity contribution < 1.29 is 4.74 Å². The predicted octanol–water partition coefficient (Wildman–Crippen LogP) is 3.13. The highest BCUT2D eigenvalue weighted by molar-refractivity contribution is 5.86. The molecule has 2 aromatic rings. The van der Waals surface area contributed by atoms with Crippen molar-refractivity contribution in [1.29, 1.82) is 5.41 Å². The third-order valence-electron chi connectivity index (χ3n) is 5.48. The monoisotopic (exact) mass is 380 g/mol. The van der Waals surface area contributed by atoms with E-state index in [0.29, 0.717) is 18.3 Å². The summed E-state index contributed by atoms with van der Waals surface area (Å²) < 4.78 is 7.28. The number of likely N-dealkylation sites (tertiary alicyclic amines) is 1. The van der Waals surface area contributed by atoms with Crippen LogP contribution in [-0.4, -0.2) is 48.5 Å². The van der Waals surface area contributed by atoms with Gasteiger partial charge in [-0.1, -0.05) is 0 Å². The minimum Gasteiger partial charge on any atom is -0.493 e. The SMILES string of the molecule is N=Cc1cc(-n2ccc(OCC3CC3)cc2=O)ccc1NCCN1CCCC1. The van der Waals surface area contributed by atoms with E-state index >= 15 is 0 Å². The zero-order chi connectivity index (χ0) is 19.3. The van der Waals surface area contributed by atoms with Crippen LogP contribution < -0.4 is 15.6 Å². The van der Waals surface area contributed by atoms with Gasteiger partial charge in [-0.3, -0.25) is 9.36 Å². The van der Waals surface area contributed by atoms with E-state index in [1.54, 1.807) is 10.8 Å². The molecule has 6 nitrogen and oxygen atoms in total. The Balaban J connectivity index is 1.43. The zero-order valence-corrected chi connectivity index (χ0v) is 16.2. The number of hydrogen-bond acceptors (Lipinski definition) is 5. The maximum atomic E-state index is 12.5. The van der Waals surface area contributed by atoms with E-state index in [-0.39, 0.29) is 5.56 Å². The normalized spacial score (nSPS) is 16.9. The van der Waals surface area contributed by atoms with Crippen LogP contribution in [0.2, 0.25) is 0 Å². The smallest absolute Gasteiger partial charge is 0.258 e. The first-order valence-corrected chi connectivity index (χ1v) is 10.2. The first-order valence-electron chi connectivity index (χ1n) is 10.2. The lowest BCUT2D eigenvalue weighted by Crippen LogP contribution is -2.26. The Hall–Kier alpha value is -2.60. The third-order valence-corrected chi connectivity index (χ3v) is 5.48. The van der Waals surface area contributed by atoms with Crippen molar-refractivity contribution in [2.75, 3.05) is 38.1 Å². The molecule has 2 N–H and O–H groups in total. The fourth-order valence-corrected chi connectivity index (χ4v) is 3.60. The maximum Gasteiger partial charge on any atom is 0.258 e. The molecule has 0 amide bonds. The summed E-state index contributed by atoms with van der Waals surface area (Å²) >= 11 is 0. The molecule has 0 unspecified atom stereocenters. The summed E-state index contributed by atoms with van der Waals surface area (Å²) in [6.07, 6.45) is 8.11. The first-order chi connectivity index (χ1) is 13.7. The van der Waals surface area contributed by atoms with Crippen LogP contribution in [0, 0.1) is 11.3 Å². The van der Waals surface area contributed by atoms with E-state index in [4.69, 9.17) is 10.1 Å². The lowest BCUT2D eigenvalue weighted by molar-refractivity contribution is 0.299. The third kappa shape index (κ3) is 4.62. The fourth-order valence-electron chi connectivity index (χ4n) is 3.60. The minimum absolute atomic E-state index is 0.126. The highest BCUT2D eigenvalue weighted by Gasteiger charge is 2.22. The van der Waals surface area contributed by atoms with Crippen LogP contribution in [0.1, 0.15) is 31.2 Å². The number of ether oxygens (including phenoxy) is 1. The molecule has 1 aliphatic carbocycles. The summed E-state index contributed by atoms with van der Waals surface area (Å²) in [6.45, 7) is 4.93. The average molecular weight is 380 g/mol. The van der Waals surface area contributed by atoms with Crippen LogP contribution in [0.3, 0.4) is 0 Å². The fraction of sp³-hybridized carbons (Fsp3) is 0.455. The molecule has 6 heteroatoms. The molecule has 2 fully saturated rings. The molecule has 0 bridgehead atoms. The van der Waals surface area contributed by atoms with Gasteiger partial charge in [0.15, 0.2) is 0 Å². The Morgan fingerprint density at radius 1 is 1.18 bits per heavy atom. The second kappa shape index (κ2) is 8.61. The van der Waals surface area contributed by atoms with Crippen molar-refractivity contribution >= 4 is 11.9 Å². The number of rotatable bonds is 9. The Labute approximate surface area is 165 Å². The molecular formula is C22H28N4O2. The molecule has 1 aliphatic heterocycles. The average Bonchev–Trinajstić information content (AvgIpc) is 3.40. The second-order valence-corrected chi connectivity index (χ2v) is 7.72. The number of anilines is 1. The van der Waals surface area contributed by atoms with Gasteiger partial charge in [0, 0.05) is 48.5 Å². The van der Waals surface area contributed by atoms with E-state index in [1.165, 1.54) is 51.1 Å². The van der Waals surface area contributed by atoms with E-state index < -0.39 is 0 Å². The Bertz CT molecular complexity index is 882. The summed E-state index contributed by atoms with van der Waals surface area (Å²) in [5.41, 5.74) is 2.33. The van der Waals surface area contributed by atoms with Gasteiger partial charge in [-0.25, -0.2) is 0 Å². The Kier molecular flexibility index (Phi) is 5.76. The molecule has 0 atom stereocenters. The van der Waals surface area contributed by atoms with Crippen molar-refractivity contribution in [3.63, 3.8) is 0 Å². The van der Waals surface area contributed by atoms with E-state index in [2.05, 4.69) is 10.2 Å². The second-order valence-electron chi connectivity index (χ2n) is 7.72. The molecule has 1 saturated heterocycles. The van der Waals surface area contributed by atoms with E-state index in [9.17, 15) is 4.79 Å².